The van der Waals surface area contributed by atoms with E-state index < -0.39 is 0 Å². The summed E-state index contributed by atoms with van der Waals surface area (Å²) < 4.78 is 5.03. The van der Waals surface area contributed by atoms with E-state index in [1.54, 1.807) is 7.11 Å². The molecule has 1 aromatic heterocycles. The van der Waals surface area contributed by atoms with Crippen LogP contribution < -0.4 is 5.32 Å². The molecule has 0 aliphatic carbocycles. The Morgan fingerprint density at radius 1 is 1.50 bits per heavy atom. The van der Waals surface area contributed by atoms with Gasteiger partial charge in [0.05, 0.1) is 12.3 Å². The quantitative estimate of drug-likeness (QED) is 0.771. The van der Waals surface area contributed by atoms with Gasteiger partial charge >= 0.3 is 0 Å². The number of rotatable bonds is 5. The highest BCUT2D eigenvalue weighted by molar-refractivity contribution is 5.11. The number of aryl methyl sites for hydroxylation is 1. The maximum absolute atomic E-state index is 5.03. The van der Waals surface area contributed by atoms with Crippen LogP contribution in [0.25, 0.3) is 0 Å². The molecular formula is C11H18N2O. The monoisotopic (exact) mass is 194 g/mol. The molecule has 0 aromatic carbocycles. The molecule has 0 fully saturated rings. The summed E-state index contributed by atoms with van der Waals surface area (Å²) in [6, 6.07) is 4.48. The van der Waals surface area contributed by atoms with Crippen molar-refractivity contribution in [2.75, 3.05) is 13.7 Å². The van der Waals surface area contributed by atoms with E-state index in [2.05, 4.69) is 23.3 Å². The zero-order valence-electron chi connectivity index (χ0n) is 9.08. The molecule has 14 heavy (non-hydrogen) atoms. The van der Waals surface area contributed by atoms with Gasteiger partial charge in [-0.15, -0.1) is 0 Å². The van der Waals surface area contributed by atoms with Crippen molar-refractivity contribution in [2.24, 2.45) is 0 Å². The average molecular weight is 194 g/mol. The van der Waals surface area contributed by atoms with E-state index >= 15 is 0 Å². The average Bonchev–Trinajstić information content (AvgIpc) is 2.17. The minimum atomic E-state index is 0.364. The second kappa shape index (κ2) is 5.73. The molecule has 1 aromatic rings. The predicted octanol–water partition coefficient (Wildman–Crippen LogP) is 1.51. The molecule has 0 amide bonds. The van der Waals surface area contributed by atoms with Crippen molar-refractivity contribution >= 4 is 0 Å². The molecule has 78 valence electrons. The molecule has 0 aliphatic heterocycles. The van der Waals surface area contributed by atoms with E-state index in [0.29, 0.717) is 6.04 Å². The first-order valence-corrected chi connectivity index (χ1v) is 4.86. The fourth-order valence-corrected chi connectivity index (χ4v) is 1.19. The number of ether oxygens (including phenoxy) is 1. The predicted molar refractivity (Wildman–Crippen MR) is 57.2 cm³/mol. The molecule has 0 aliphatic rings. The number of nitrogens with zero attached hydrogens (tertiary/aromatic N) is 1. The molecule has 0 bridgehead atoms. The van der Waals surface area contributed by atoms with Gasteiger partial charge < -0.3 is 10.1 Å². The largest absolute Gasteiger partial charge is 0.383 e. The van der Waals surface area contributed by atoms with E-state index in [-0.39, 0.29) is 0 Å². The molecule has 1 unspecified atom stereocenters. The fourth-order valence-electron chi connectivity index (χ4n) is 1.19. The third-order valence-corrected chi connectivity index (χ3v) is 2.02. The normalized spacial score (nSPS) is 12.8. The van der Waals surface area contributed by atoms with Crippen molar-refractivity contribution in [3.63, 3.8) is 0 Å². The van der Waals surface area contributed by atoms with Gasteiger partial charge in [0, 0.05) is 25.9 Å². The number of nitrogens with one attached hydrogen (secondary N) is 1. The van der Waals surface area contributed by atoms with Crippen LogP contribution in [0.2, 0.25) is 0 Å². The molecule has 3 nitrogen and oxygen atoms in total. The van der Waals surface area contributed by atoms with Gasteiger partial charge in [0.2, 0.25) is 0 Å². The third-order valence-electron chi connectivity index (χ3n) is 2.02. The van der Waals surface area contributed by atoms with Gasteiger partial charge in [-0.25, -0.2) is 0 Å². The molecule has 1 atom stereocenters. The highest BCUT2D eigenvalue weighted by atomic mass is 16.5. The fraction of sp³-hybridized carbons (Fsp3) is 0.545. The molecule has 0 saturated carbocycles. The van der Waals surface area contributed by atoms with Gasteiger partial charge in [0.25, 0.3) is 0 Å². The van der Waals surface area contributed by atoms with Crippen LogP contribution in [0.15, 0.2) is 18.3 Å². The Morgan fingerprint density at radius 3 is 2.86 bits per heavy atom. The van der Waals surface area contributed by atoms with E-state index in [1.165, 1.54) is 5.56 Å². The van der Waals surface area contributed by atoms with Gasteiger partial charge in [0.15, 0.2) is 0 Å². The van der Waals surface area contributed by atoms with Gasteiger partial charge in [-0.05, 0) is 25.5 Å². The summed E-state index contributed by atoms with van der Waals surface area (Å²) in [5, 5.41) is 3.33. The van der Waals surface area contributed by atoms with Gasteiger partial charge in [-0.2, -0.15) is 0 Å². The highest BCUT2D eigenvalue weighted by Crippen LogP contribution is 1.98. The molecule has 0 radical (unpaired) electrons. The van der Waals surface area contributed by atoms with E-state index in [4.69, 9.17) is 4.74 Å². The zero-order valence-corrected chi connectivity index (χ0v) is 9.08. The van der Waals surface area contributed by atoms with Crippen LogP contribution in [0.3, 0.4) is 0 Å². The lowest BCUT2D eigenvalue weighted by molar-refractivity contribution is 0.171. The van der Waals surface area contributed by atoms with Crippen molar-refractivity contribution in [3.8, 4) is 0 Å². The number of hydrogen-bond donors (Lipinski definition) is 1. The van der Waals surface area contributed by atoms with E-state index in [1.807, 2.05) is 19.2 Å². The lowest BCUT2D eigenvalue weighted by atomic mass is 10.2. The summed E-state index contributed by atoms with van der Waals surface area (Å²) in [5.41, 5.74) is 2.26. The second-order valence-electron chi connectivity index (χ2n) is 3.56. The first-order chi connectivity index (χ1) is 6.72. The van der Waals surface area contributed by atoms with E-state index in [9.17, 15) is 0 Å². The number of hydrogen-bond acceptors (Lipinski definition) is 3. The van der Waals surface area contributed by atoms with E-state index in [0.717, 1.165) is 18.8 Å². The highest BCUT2D eigenvalue weighted by Gasteiger charge is 2.00. The maximum atomic E-state index is 5.03. The first kappa shape index (κ1) is 11.1. The maximum Gasteiger partial charge on any atom is 0.0613 e. The smallest absolute Gasteiger partial charge is 0.0613 e. The lowest BCUT2D eigenvalue weighted by Gasteiger charge is -2.11. The number of aromatic nitrogens is 1. The van der Waals surface area contributed by atoms with Crippen LogP contribution in [0, 0.1) is 6.92 Å². The summed E-state index contributed by atoms with van der Waals surface area (Å²) >= 11 is 0. The molecular weight excluding hydrogens is 176 g/mol. The number of methoxy groups -OCH3 is 1. The van der Waals surface area contributed by atoms with Crippen molar-refractivity contribution in [3.05, 3.63) is 29.6 Å². The van der Waals surface area contributed by atoms with Crippen LogP contribution in [0.4, 0.5) is 0 Å². The molecule has 0 spiro atoms. The summed E-state index contributed by atoms with van der Waals surface area (Å²) in [6.07, 6.45) is 1.89. The Balaban J connectivity index is 2.34. The Morgan fingerprint density at radius 2 is 2.29 bits per heavy atom. The van der Waals surface area contributed by atoms with Crippen molar-refractivity contribution in [1.29, 1.82) is 0 Å². The van der Waals surface area contributed by atoms with Gasteiger partial charge in [0.1, 0.15) is 0 Å². The molecule has 3 heteroatoms. The van der Waals surface area contributed by atoms with Crippen molar-refractivity contribution in [2.45, 2.75) is 26.4 Å². The minimum absolute atomic E-state index is 0.364. The van der Waals surface area contributed by atoms with Crippen LogP contribution in [0.1, 0.15) is 18.2 Å². The Hall–Kier alpha value is -0.930. The molecule has 1 rings (SSSR count). The van der Waals surface area contributed by atoms with Gasteiger partial charge in [-0.3, -0.25) is 4.98 Å². The zero-order chi connectivity index (χ0) is 10.4. The van der Waals surface area contributed by atoms with Gasteiger partial charge in [-0.1, -0.05) is 6.07 Å². The lowest BCUT2D eigenvalue weighted by Crippen LogP contribution is -2.29. The molecule has 1 heterocycles. The van der Waals surface area contributed by atoms with Crippen LogP contribution in [0.5, 0.6) is 0 Å². The van der Waals surface area contributed by atoms with Crippen molar-refractivity contribution in [1.82, 2.24) is 10.3 Å². The summed E-state index contributed by atoms with van der Waals surface area (Å²) in [5.74, 6) is 0. The Labute approximate surface area is 85.5 Å². The molecule has 1 N–H and O–H groups in total. The van der Waals surface area contributed by atoms with Crippen LogP contribution >= 0.6 is 0 Å². The topological polar surface area (TPSA) is 34.1 Å². The number of pyridine rings is 1. The first-order valence-electron chi connectivity index (χ1n) is 4.86. The SMILES string of the molecule is COCC(C)NCc1ccc(C)cn1. The van der Waals surface area contributed by atoms with Crippen molar-refractivity contribution < 1.29 is 4.74 Å². The van der Waals surface area contributed by atoms with Crippen LogP contribution in [-0.2, 0) is 11.3 Å². The summed E-state index contributed by atoms with van der Waals surface area (Å²) in [7, 11) is 1.71. The second-order valence-corrected chi connectivity index (χ2v) is 3.56. The van der Waals surface area contributed by atoms with Crippen LogP contribution in [-0.4, -0.2) is 24.7 Å². The summed E-state index contributed by atoms with van der Waals surface area (Å²) in [6.45, 7) is 5.66. The minimum Gasteiger partial charge on any atom is -0.383 e. The molecule has 0 saturated heterocycles. The Kier molecular flexibility index (Phi) is 4.56. The summed E-state index contributed by atoms with van der Waals surface area (Å²) in [4.78, 5) is 4.31. The Bertz CT molecular complexity index is 258. The third kappa shape index (κ3) is 3.85. The standard InChI is InChI=1S/C11H18N2O/c1-9-4-5-11(13-6-9)7-12-10(2)8-14-3/h4-6,10,12H,7-8H2,1-3H3.